The number of amides is 1. The lowest BCUT2D eigenvalue weighted by molar-refractivity contribution is 0.0746. The summed E-state index contributed by atoms with van der Waals surface area (Å²) in [6.07, 6.45) is 5.87. The quantitative estimate of drug-likeness (QED) is 0.865. The van der Waals surface area contributed by atoms with Crippen LogP contribution in [0.2, 0.25) is 0 Å². The Hall–Kier alpha value is -2.37. The van der Waals surface area contributed by atoms with Gasteiger partial charge in [0.25, 0.3) is 5.91 Å². The number of aryl methyl sites for hydroxylation is 1. The highest BCUT2D eigenvalue weighted by molar-refractivity contribution is 5.94. The second-order valence-electron chi connectivity index (χ2n) is 6.34. The van der Waals surface area contributed by atoms with Crippen LogP contribution in [0.5, 0.6) is 0 Å². The number of carbonyl (C=O) groups is 1. The summed E-state index contributed by atoms with van der Waals surface area (Å²) in [6, 6.07) is 5.77. The molecule has 1 aliphatic heterocycles. The second-order valence-corrected chi connectivity index (χ2v) is 6.34. The minimum absolute atomic E-state index is 0.0933. The van der Waals surface area contributed by atoms with Crippen LogP contribution >= 0.6 is 0 Å². The minimum atomic E-state index is 0.0933. The van der Waals surface area contributed by atoms with E-state index in [0.29, 0.717) is 11.5 Å². The minimum Gasteiger partial charge on any atom is -0.353 e. The largest absolute Gasteiger partial charge is 0.353 e. The van der Waals surface area contributed by atoms with E-state index < -0.39 is 0 Å². The maximum absolute atomic E-state index is 12.5. The SMILES string of the molecule is Cn1nc(C2CC2)cc1N1CCN(C(=O)c2ccncc2)CC1. The summed E-state index contributed by atoms with van der Waals surface area (Å²) in [7, 11) is 2.01. The maximum Gasteiger partial charge on any atom is 0.254 e. The van der Waals surface area contributed by atoms with E-state index >= 15 is 0 Å². The highest BCUT2D eigenvalue weighted by atomic mass is 16.2. The van der Waals surface area contributed by atoms with Crippen molar-refractivity contribution in [1.82, 2.24) is 19.7 Å². The number of carbonyl (C=O) groups excluding carboxylic acids is 1. The molecule has 0 N–H and O–H groups in total. The van der Waals surface area contributed by atoms with Crippen molar-refractivity contribution in [2.45, 2.75) is 18.8 Å². The molecule has 120 valence electrons. The smallest absolute Gasteiger partial charge is 0.254 e. The molecule has 6 nitrogen and oxygen atoms in total. The lowest BCUT2D eigenvalue weighted by Gasteiger charge is -2.35. The maximum atomic E-state index is 12.5. The number of pyridine rings is 1. The molecule has 2 fully saturated rings. The van der Waals surface area contributed by atoms with Crippen molar-refractivity contribution in [2.75, 3.05) is 31.1 Å². The third-order valence-corrected chi connectivity index (χ3v) is 4.69. The average molecular weight is 311 g/mol. The van der Waals surface area contributed by atoms with Gasteiger partial charge in [-0.25, -0.2) is 0 Å². The van der Waals surface area contributed by atoms with Crippen LogP contribution in [0.15, 0.2) is 30.6 Å². The molecule has 2 aliphatic rings. The number of anilines is 1. The van der Waals surface area contributed by atoms with E-state index in [1.54, 1.807) is 24.5 Å². The molecule has 2 aromatic heterocycles. The Kier molecular flexibility index (Phi) is 3.52. The Morgan fingerprint density at radius 3 is 2.48 bits per heavy atom. The highest BCUT2D eigenvalue weighted by Crippen LogP contribution is 2.40. The molecule has 23 heavy (non-hydrogen) atoms. The van der Waals surface area contributed by atoms with E-state index in [1.165, 1.54) is 24.4 Å². The molecular formula is C17H21N5O. The van der Waals surface area contributed by atoms with Gasteiger partial charge in [-0.1, -0.05) is 0 Å². The van der Waals surface area contributed by atoms with Crippen molar-refractivity contribution >= 4 is 11.7 Å². The summed E-state index contributed by atoms with van der Waals surface area (Å²) in [4.78, 5) is 20.7. The normalized spacial score (nSPS) is 18.3. The predicted octanol–water partition coefficient (Wildman–Crippen LogP) is 1.65. The van der Waals surface area contributed by atoms with E-state index in [-0.39, 0.29) is 5.91 Å². The first-order valence-corrected chi connectivity index (χ1v) is 8.20. The zero-order valence-electron chi connectivity index (χ0n) is 13.4. The Balaban J connectivity index is 1.42. The van der Waals surface area contributed by atoms with Gasteiger partial charge in [-0.05, 0) is 25.0 Å². The third kappa shape index (κ3) is 2.81. The summed E-state index contributed by atoms with van der Waals surface area (Å²) < 4.78 is 1.98. The molecule has 0 unspecified atom stereocenters. The zero-order valence-corrected chi connectivity index (χ0v) is 13.4. The lowest BCUT2D eigenvalue weighted by Crippen LogP contribution is -2.49. The van der Waals surface area contributed by atoms with E-state index in [0.717, 1.165) is 26.2 Å². The molecule has 0 radical (unpaired) electrons. The number of rotatable bonds is 3. The first-order chi connectivity index (χ1) is 11.2. The Labute approximate surface area is 135 Å². The van der Waals surface area contributed by atoms with Gasteiger partial charge >= 0.3 is 0 Å². The summed E-state index contributed by atoms with van der Waals surface area (Å²) >= 11 is 0. The predicted molar refractivity (Wildman–Crippen MR) is 87.5 cm³/mol. The highest BCUT2D eigenvalue weighted by Gasteiger charge is 2.29. The van der Waals surface area contributed by atoms with Crippen LogP contribution in [0.4, 0.5) is 5.82 Å². The monoisotopic (exact) mass is 311 g/mol. The van der Waals surface area contributed by atoms with Gasteiger partial charge in [0, 0.05) is 63.2 Å². The molecule has 0 aromatic carbocycles. The number of piperazine rings is 1. The standard InChI is InChI=1S/C17H21N5O/c1-20-16(12-15(19-20)13-2-3-13)21-8-10-22(11-9-21)17(23)14-4-6-18-7-5-14/h4-7,12-13H,2-3,8-11H2,1H3. The Morgan fingerprint density at radius 1 is 1.13 bits per heavy atom. The van der Waals surface area contributed by atoms with Crippen molar-refractivity contribution < 1.29 is 4.79 Å². The summed E-state index contributed by atoms with van der Waals surface area (Å²) in [5, 5.41) is 4.64. The molecule has 4 rings (SSSR count). The van der Waals surface area contributed by atoms with Crippen molar-refractivity contribution in [3.05, 3.63) is 41.9 Å². The summed E-state index contributed by atoms with van der Waals surface area (Å²) in [5.74, 6) is 1.93. The molecule has 0 atom stereocenters. The van der Waals surface area contributed by atoms with Gasteiger partial charge in [0.1, 0.15) is 5.82 Å². The fourth-order valence-corrected chi connectivity index (χ4v) is 3.17. The van der Waals surface area contributed by atoms with Crippen LogP contribution in [0.1, 0.15) is 34.8 Å². The molecule has 1 saturated carbocycles. The van der Waals surface area contributed by atoms with Crippen molar-refractivity contribution in [2.24, 2.45) is 7.05 Å². The van der Waals surface area contributed by atoms with Crippen LogP contribution in [-0.4, -0.2) is 51.8 Å². The van der Waals surface area contributed by atoms with Crippen molar-refractivity contribution in [3.8, 4) is 0 Å². The Bertz CT molecular complexity index is 699. The first-order valence-electron chi connectivity index (χ1n) is 8.20. The van der Waals surface area contributed by atoms with E-state index in [1.807, 2.05) is 16.6 Å². The average Bonchev–Trinajstić information content (AvgIpc) is 3.38. The molecule has 6 heteroatoms. The van der Waals surface area contributed by atoms with E-state index in [9.17, 15) is 4.79 Å². The first kappa shape index (κ1) is 14.2. The fraction of sp³-hybridized carbons (Fsp3) is 0.471. The molecule has 1 aliphatic carbocycles. The molecule has 0 spiro atoms. The van der Waals surface area contributed by atoms with Crippen LogP contribution in [-0.2, 0) is 7.05 Å². The summed E-state index contributed by atoms with van der Waals surface area (Å²) in [5.41, 5.74) is 1.93. The van der Waals surface area contributed by atoms with E-state index in [2.05, 4.69) is 21.0 Å². The van der Waals surface area contributed by atoms with Gasteiger partial charge in [-0.3, -0.25) is 14.5 Å². The Morgan fingerprint density at radius 2 is 1.83 bits per heavy atom. The molecule has 1 saturated heterocycles. The topological polar surface area (TPSA) is 54.3 Å². The van der Waals surface area contributed by atoms with Crippen molar-refractivity contribution in [3.63, 3.8) is 0 Å². The van der Waals surface area contributed by atoms with Gasteiger partial charge in [0.15, 0.2) is 0 Å². The van der Waals surface area contributed by atoms with Crippen LogP contribution < -0.4 is 4.90 Å². The molecule has 3 heterocycles. The number of nitrogens with zero attached hydrogens (tertiary/aromatic N) is 5. The van der Waals surface area contributed by atoms with Crippen LogP contribution in [0, 0.1) is 0 Å². The lowest BCUT2D eigenvalue weighted by atomic mass is 10.2. The van der Waals surface area contributed by atoms with Gasteiger partial charge < -0.3 is 9.80 Å². The third-order valence-electron chi connectivity index (χ3n) is 4.69. The number of aromatic nitrogens is 3. The number of hydrogen-bond donors (Lipinski definition) is 0. The number of hydrogen-bond acceptors (Lipinski definition) is 4. The molecular weight excluding hydrogens is 290 g/mol. The fourth-order valence-electron chi connectivity index (χ4n) is 3.17. The molecule has 0 bridgehead atoms. The zero-order chi connectivity index (χ0) is 15.8. The van der Waals surface area contributed by atoms with Gasteiger partial charge in [0.2, 0.25) is 0 Å². The second kappa shape index (κ2) is 5.68. The van der Waals surface area contributed by atoms with Gasteiger partial charge in [0.05, 0.1) is 5.69 Å². The van der Waals surface area contributed by atoms with Gasteiger partial charge in [-0.2, -0.15) is 5.10 Å². The molecule has 2 aromatic rings. The van der Waals surface area contributed by atoms with Crippen LogP contribution in [0.25, 0.3) is 0 Å². The molecule has 1 amide bonds. The summed E-state index contributed by atoms with van der Waals surface area (Å²) in [6.45, 7) is 3.18. The van der Waals surface area contributed by atoms with E-state index in [4.69, 9.17) is 0 Å². The van der Waals surface area contributed by atoms with Crippen LogP contribution in [0.3, 0.4) is 0 Å². The van der Waals surface area contributed by atoms with Gasteiger partial charge in [-0.15, -0.1) is 0 Å². The van der Waals surface area contributed by atoms with Crippen molar-refractivity contribution in [1.29, 1.82) is 0 Å².